The number of hydrogen-bond acceptors (Lipinski definition) is 5. The van der Waals surface area contributed by atoms with Crippen molar-refractivity contribution in [3.8, 4) is 10.7 Å². The van der Waals surface area contributed by atoms with Crippen LogP contribution in [0.2, 0.25) is 0 Å². The Morgan fingerprint density at radius 2 is 2.20 bits per heavy atom. The normalized spacial score (nSPS) is 12.1. The van der Waals surface area contributed by atoms with E-state index in [4.69, 9.17) is 0 Å². The number of thiophene rings is 1. The van der Waals surface area contributed by atoms with E-state index in [1.54, 1.807) is 30.4 Å². The van der Waals surface area contributed by atoms with Gasteiger partial charge in [0.25, 0.3) is 0 Å². The van der Waals surface area contributed by atoms with E-state index in [2.05, 4.69) is 15.5 Å². The van der Waals surface area contributed by atoms with Crippen molar-refractivity contribution in [3.63, 3.8) is 0 Å². The number of halogens is 1. The van der Waals surface area contributed by atoms with Crippen molar-refractivity contribution in [2.45, 2.75) is 30.8 Å². The molecule has 0 bridgehead atoms. The molecule has 0 aliphatic carbocycles. The Morgan fingerprint density at radius 3 is 2.88 bits per heavy atom. The van der Waals surface area contributed by atoms with Gasteiger partial charge in [-0.2, -0.15) is 0 Å². The summed E-state index contributed by atoms with van der Waals surface area (Å²) in [7, 11) is 0. The van der Waals surface area contributed by atoms with Crippen molar-refractivity contribution >= 4 is 34.7 Å². The molecule has 0 saturated heterocycles. The fourth-order valence-electron chi connectivity index (χ4n) is 2.27. The van der Waals surface area contributed by atoms with E-state index in [-0.39, 0.29) is 11.7 Å². The van der Waals surface area contributed by atoms with Gasteiger partial charge >= 0.3 is 0 Å². The maximum atomic E-state index is 13.2. The van der Waals surface area contributed by atoms with Crippen molar-refractivity contribution < 1.29 is 9.18 Å². The molecule has 1 amide bonds. The van der Waals surface area contributed by atoms with E-state index in [0.717, 1.165) is 10.7 Å². The number of amides is 1. The first kappa shape index (κ1) is 17.6. The largest absolute Gasteiger partial charge is 0.325 e. The third-order valence-corrected chi connectivity index (χ3v) is 5.46. The van der Waals surface area contributed by atoms with Gasteiger partial charge in [0, 0.05) is 12.2 Å². The number of aromatic nitrogens is 3. The van der Waals surface area contributed by atoms with Crippen molar-refractivity contribution in [1.29, 1.82) is 0 Å². The lowest BCUT2D eigenvalue weighted by molar-refractivity contribution is -0.115. The standard InChI is InChI=1S/C17H17FN4OS2/c1-3-22-15(14-8-5-9-24-14)20-21-17(22)25-11(2)16(23)19-13-7-4-6-12(18)10-13/h4-11H,3H2,1-2H3,(H,19,23)/t11-/m1/s1. The van der Waals surface area contributed by atoms with Crippen molar-refractivity contribution in [1.82, 2.24) is 14.8 Å². The monoisotopic (exact) mass is 376 g/mol. The average molecular weight is 376 g/mol. The van der Waals surface area contributed by atoms with E-state index in [1.165, 1.54) is 23.9 Å². The molecule has 1 aromatic carbocycles. The number of carbonyl (C=O) groups excluding carboxylic acids is 1. The minimum Gasteiger partial charge on any atom is -0.325 e. The zero-order valence-electron chi connectivity index (χ0n) is 13.8. The summed E-state index contributed by atoms with van der Waals surface area (Å²) < 4.78 is 15.2. The van der Waals surface area contributed by atoms with Gasteiger partial charge in [0.1, 0.15) is 5.82 Å². The molecule has 2 aromatic heterocycles. The molecule has 3 aromatic rings. The minimum absolute atomic E-state index is 0.209. The van der Waals surface area contributed by atoms with Crippen LogP contribution in [-0.2, 0) is 11.3 Å². The molecule has 5 nitrogen and oxygen atoms in total. The summed E-state index contributed by atoms with van der Waals surface area (Å²) in [6.45, 7) is 4.52. The van der Waals surface area contributed by atoms with E-state index >= 15 is 0 Å². The van der Waals surface area contributed by atoms with Crippen LogP contribution in [-0.4, -0.2) is 25.9 Å². The molecule has 0 radical (unpaired) electrons. The zero-order chi connectivity index (χ0) is 17.8. The molecular formula is C17H17FN4OS2. The highest BCUT2D eigenvalue weighted by atomic mass is 32.2. The van der Waals surface area contributed by atoms with E-state index in [1.807, 2.05) is 29.0 Å². The number of nitrogens with zero attached hydrogens (tertiary/aromatic N) is 3. The van der Waals surface area contributed by atoms with Crippen molar-refractivity contribution in [3.05, 3.63) is 47.6 Å². The third-order valence-electron chi connectivity index (χ3n) is 3.52. The van der Waals surface area contributed by atoms with Gasteiger partial charge in [-0.05, 0) is 43.5 Å². The van der Waals surface area contributed by atoms with Gasteiger partial charge in [-0.3, -0.25) is 4.79 Å². The first-order valence-electron chi connectivity index (χ1n) is 7.78. The number of rotatable bonds is 6. The summed E-state index contributed by atoms with van der Waals surface area (Å²) in [5.74, 6) is 0.209. The number of benzene rings is 1. The maximum Gasteiger partial charge on any atom is 0.237 e. The Morgan fingerprint density at radius 1 is 1.36 bits per heavy atom. The highest BCUT2D eigenvalue weighted by molar-refractivity contribution is 8.00. The molecule has 1 atom stereocenters. The molecule has 1 N–H and O–H groups in total. The van der Waals surface area contributed by atoms with Gasteiger partial charge in [-0.25, -0.2) is 4.39 Å². The topological polar surface area (TPSA) is 59.8 Å². The van der Waals surface area contributed by atoms with Gasteiger partial charge in [0.05, 0.1) is 10.1 Å². The highest BCUT2D eigenvalue weighted by Crippen LogP contribution is 2.29. The van der Waals surface area contributed by atoms with E-state index in [9.17, 15) is 9.18 Å². The smallest absolute Gasteiger partial charge is 0.237 e. The summed E-state index contributed by atoms with van der Waals surface area (Å²) in [6.07, 6.45) is 0. The molecule has 0 aliphatic heterocycles. The lowest BCUT2D eigenvalue weighted by atomic mass is 10.3. The second-order valence-corrected chi connectivity index (χ2v) is 7.54. The fourth-order valence-corrected chi connectivity index (χ4v) is 3.90. The number of thioether (sulfide) groups is 1. The second-order valence-electron chi connectivity index (χ2n) is 5.29. The Kier molecular flexibility index (Phi) is 5.50. The second kappa shape index (κ2) is 7.79. The van der Waals surface area contributed by atoms with Crippen LogP contribution >= 0.6 is 23.1 Å². The summed E-state index contributed by atoms with van der Waals surface area (Å²) in [5, 5.41) is 13.5. The molecule has 0 spiro atoms. The van der Waals surface area contributed by atoms with Crippen LogP contribution in [0.4, 0.5) is 10.1 Å². The molecule has 25 heavy (non-hydrogen) atoms. The highest BCUT2D eigenvalue weighted by Gasteiger charge is 2.20. The predicted molar refractivity (Wildman–Crippen MR) is 99.4 cm³/mol. The number of nitrogens with one attached hydrogen (secondary N) is 1. The molecule has 2 heterocycles. The lowest BCUT2D eigenvalue weighted by Gasteiger charge is -2.12. The number of carbonyl (C=O) groups is 1. The first-order chi connectivity index (χ1) is 12.1. The average Bonchev–Trinajstić information content (AvgIpc) is 3.23. The van der Waals surface area contributed by atoms with Gasteiger partial charge in [0.2, 0.25) is 5.91 Å². The van der Waals surface area contributed by atoms with Crippen LogP contribution in [0.15, 0.2) is 46.9 Å². The summed E-state index contributed by atoms with van der Waals surface area (Å²) >= 11 is 2.93. The Labute approximate surface area is 153 Å². The molecule has 0 aliphatic rings. The molecule has 0 fully saturated rings. The molecule has 130 valence electrons. The SMILES string of the molecule is CCn1c(S[C@H](C)C(=O)Nc2cccc(F)c2)nnc1-c1cccs1. The third kappa shape index (κ3) is 4.08. The molecular weight excluding hydrogens is 359 g/mol. The fraction of sp³-hybridized carbons (Fsp3) is 0.235. The predicted octanol–water partition coefficient (Wildman–Crippen LogP) is 4.28. The van der Waals surface area contributed by atoms with Crippen LogP contribution in [0.25, 0.3) is 10.7 Å². The van der Waals surface area contributed by atoms with Gasteiger partial charge < -0.3 is 9.88 Å². The number of anilines is 1. The van der Waals surface area contributed by atoms with Gasteiger partial charge in [-0.15, -0.1) is 21.5 Å². The van der Waals surface area contributed by atoms with Crippen LogP contribution in [0, 0.1) is 5.82 Å². The van der Waals surface area contributed by atoms with Crippen LogP contribution in [0.5, 0.6) is 0 Å². The van der Waals surface area contributed by atoms with Gasteiger partial charge in [-0.1, -0.05) is 23.9 Å². The summed E-state index contributed by atoms with van der Waals surface area (Å²) in [5.41, 5.74) is 0.439. The summed E-state index contributed by atoms with van der Waals surface area (Å²) in [4.78, 5) is 13.4. The lowest BCUT2D eigenvalue weighted by Crippen LogP contribution is -2.23. The Hall–Kier alpha value is -2.19. The summed E-state index contributed by atoms with van der Waals surface area (Å²) in [6, 6.07) is 9.81. The molecule has 8 heteroatoms. The molecule has 0 saturated carbocycles. The maximum absolute atomic E-state index is 13.2. The first-order valence-corrected chi connectivity index (χ1v) is 9.54. The van der Waals surface area contributed by atoms with Crippen molar-refractivity contribution in [2.24, 2.45) is 0 Å². The zero-order valence-corrected chi connectivity index (χ0v) is 15.4. The van der Waals surface area contributed by atoms with Crippen molar-refractivity contribution in [2.75, 3.05) is 5.32 Å². The van der Waals surface area contributed by atoms with Crippen LogP contribution < -0.4 is 5.32 Å². The Balaban J connectivity index is 1.72. The number of hydrogen-bond donors (Lipinski definition) is 1. The van der Waals surface area contributed by atoms with Gasteiger partial charge in [0.15, 0.2) is 11.0 Å². The van der Waals surface area contributed by atoms with Crippen LogP contribution in [0.1, 0.15) is 13.8 Å². The van der Waals surface area contributed by atoms with E-state index < -0.39 is 5.25 Å². The van der Waals surface area contributed by atoms with E-state index in [0.29, 0.717) is 17.4 Å². The quantitative estimate of drug-likeness (QED) is 0.652. The molecule has 0 unspecified atom stereocenters. The Bertz CT molecular complexity index is 863. The molecule has 3 rings (SSSR count). The van der Waals surface area contributed by atoms with Crippen LogP contribution in [0.3, 0.4) is 0 Å². The minimum atomic E-state index is -0.394.